The summed E-state index contributed by atoms with van der Waals surface area (Å²) < 4.78 is 107. The molecule has 0 radical (unpaired) electrons. The number of rotatable bonds is 7. The third kappa shape index (κ3) is 4.79. The molecule has 36 heavy (non-hydrogen) atoms. The Bertz CT molecular complexity index is 1440. The quantitative estimate of drug-likeness (QED) is 0.410. The minimum atomic E-state index is -4.79. The number of alkyl halides is 5. The molecule has 192 valence electrons. The molecular formula is C23H20F6N4O2S. The van der Waals surface area contributed by atoms with Crippen LogP contribution in [0.2, 0.25) is 0 Å². The number of halogens is 6. The molecule has 0 amide bonds. The number of nitrogens with one attached hydrogen (secondary N) is 1. The minimum Gasteiger partial charge on any atom is -0.335 e. The molecule has 1 aliphatic carbocycles. The van der Waals surface area contributed by atoms with Crippen molar-refractivity contribution in [3.63, 3.8) is 0 Å². The van der Waals surface area contributed by atoms with Crippen LogP contribution >= 0.6 is 0 Å². The summed E-state index contributed by atoms with van der Waals surface area (Å²) in [4.78, 5) is 3.58. The van der Waals surface area contributed by atoms with Crippen LogP contribution in [0.25, 0.3) is 22.3 Å². The minimum absolute atomic E-state index is 0.0336. The average Bonchev–Trinajstić information content (AvgIpc) is 3.04. The van der Waals surface area contributed by atoms with Gasteiger partial charge in [-0.1, -0.05) is 0 Å². The highest BCUT2D eigenvalue weighted by Crippen LogP contribution is 2.43. The Labute approximate surface area is 202 Å². The number of hydrogen-bond acceptors (Lipinski definition) is 4. The van der Waals surface area contributed by atoms with Crippen molar-refractivity contribution in [3.05, 3.63) is 47.4 Å². The Hall–Kier alpha value is -3.11. The van der Waals surface area contributed by atoms with Crippen LogP contribution in [0, 0.1) is 17.1 Å². The van der Waals surface area contributed by atoms with Gasteiger partial charge in [-0.25, -0.2) is 21.6 Å². The smallest absolute Gasteiger partial charge is 0.335 e. The first kappa shape index (κ1) is 26.0. The fourth-order valence-electron chi connectivity index (χ4n) is 4.13. The summed E-state index contributed by atoms with van der Waals surface area (Å²) in [6, 6.07) is 4.18. The van der Waals surface area contributed by atoms with Gasteiger partial charge >= 0.3 is 6.18 Å². The van der Waals surface area contributed by atoms with E-state index in [0.717, 1.165) is 37.6 Å². The van der Waals surface area contributed by atoms with Gasteiger partial charge in [0.15, 0.2) is 0 Å². The lowest BCUT2D eigenvalue weighted by Gasteiger charge is -2.30. The van der Waals surface area contributed by atoms with Crippen LogP contribution in [-0.4, -0.2) is 36.6 Å². The standard InChI is InChI=1S/C23H20F6N4O2S/c1-12(23(27,28)29)32-36(34,35)15-5-6-19(31-11-15)22-17(10-30)16-9-18(24)13(8-21(25)26)7-20(16)33(22)14-3-2-4-14/h5-7,9,11-12,14,21,32H,2-4,8H2,1H3/t12-/m0/s1. The first-order chi connectivity index (χ1) is 16.8. The van der Waals surface area contributed by atoms with Gasteiger partial charge in [0, 0.05) is 24.0 Å². The maximum absolute atomic E-state index is 14.6. The Morgan fingerprint density at radius 3 is 2.44 bits per heavy atom. The van der Waals surface area contributed by atoms with Crippen molar-refractivity contribution in [2.45, 2.75) is 62.2 Å². The van der Waals surface area contributed by atoms with E-state index >= 15 is 0 Å². The molecule has 0 aliphatic heterocycles. The number of aromatic nitrogens is 2. The van der Waals surface area contributed by atoms with Gasteiger partial charge in [0.05, 0.1) is 22.5 Å². The molecule has 1 saturated carbocycles. The average molecular weight is 530 g/mol. The van der Waals surface area contributed by atoms with E-state index in [9.17, 15) is 40.0 Å². The van der Waals surface area contributed by atoms with Gasteiger partial charge in [-0.15, -0.1) is 0 Å². The van der Waals surface area contributed by atoms with Gasteiger partial charge in [0.2, 0.25) is 16.4 Å². The van der Waals surface area contributed by atoms with Gasteiger partial charge in [0.1, 0.15) is 22.8 Å². The SMILES string of the molecule is C[C@H](NS(=O)(=O)c1ccc(-c2c(C#N)c3cc(F)c(CC(F)F)cc3n2C2CCC2)nc1)C(F)(F)F. The first-order valence-corrected chi connectivity index (χ1v) is 12.4. The van der Waals surface area contributed by atoms with E-state index in [4.69, 9.17) is 0 Å². The zero-order valence-corrected chi connectivity index (χ0v) is 19.6. The third-order valence-electron chi connectivity index (χ3n) is 6.21. The highest BCUT2D eigenvalue weighted by Gasteiger charge is 2.39. The van der Waals surface area contributed by atoms with Gasteiger partial charge in [-0.05, 0) is 56.0 Å². The van der Waals surface area contributed by atoms with Crippen LogP contribution in [0.15, 0.2) is 35.4 Å². The van der Waals surface area contributed by atoms with E-state index in [1.807, 2.05) is 6.07 Å². The Morgan fingerprint density at radius 2 is 1.94 bits per heavy atom. The van der Waals surface area contributed by atoms with Crippen molar-refractivity contribution >= 4 is 20.9 Å². The van der Waals surface area contributed by atoms with Crippen molar-refractivity contribution in [2.24, 2.45) is 0 Å². The van der Waals surface area contributed by atoms with Gasteiger partial charge in [-0.2, -0.15) is 23.2 Å². The summed E-state index contributed by atoms with van der Waals surface area (Å²) in [6.45, 7) is 0.664. The molecule has 0 unspecified atom stereocenters. The van der Waals surface area contributed by atoms with Crippen molar-refractivity contribution in [1.29, 1.82) is 5.26 Å². The second-order valence-electron chi connectivity index (χ2n) is 8.61. The van der Waals surface area contributed by atoms with E-state index < -0.39 is 45.8 Å². The fourth-order valence-corrected chi connectivity index (χ4v) is 5.31. The van der Waals surface area contributed by atoms with E-state index in [1.54, 1.807) is 4.57 Å². The predicted molar refractivity (Wildman–Crippen MR) is 118 cm³/mol. The van der Waals surface area contributed by atoms with Crippen molar-refractivity contribution in [2.75, 3.05) is 0 Å². The topological polar surface area (TPSA) is 87.8 Å². The largest absolute Gasteiger partial charge is 0.404 e. The van der Waals surface area contributed by atoms with Crippen molar-refractivity contribution < 1.29 is 34.8 Å². The number of benzene rings is 1. The number of fused-ring (bicyclic) bond motifs is 1. The number of nitriles is 1. The lowest BCUT2D eigenvalue weighted by molar-refractivity contribution is -0.147. The Balaban J connectivity index is 1.83. The van der Waals surface area contributed by atoms with E-state index in [2.05, 4.69) is 4.98 Å². The van der Waals surface area contributed by atoms with Crippen molar-refractivity contribution in [3.8, 4) is 17.5 Å². The molecule has 6 nitrogen and oxygen atoms in total. The second kappa shape index (κ2) is 9.40. The molecule has 2 aromatic heterocycles. The summed E-state index contributed by atoms with van der Waals surface area (Å²) in [6.07, 6.45) is -5.18. The molecule has 2 heterocycles. The lowest BCUT2D eigenvalue weighted by atomic mass is 9.92. The first-order valence-electron chi connectivity index (χ1n) is 10.9. The maximum atomic E-state index is 14.6. The van der Waals surface area contributed by atoms with Crippen LogP contribution in [0.3, 0.4) is 0 Å². The molecule has 1 aliphatic rings. The Kier molecular flexibility index (Phi) is 6.78. The summed E-state index contributed by atoms with van der Waals surface area (Å²) in [5.74, 6) is -0.879. The number of nitrogens with zero attached hydrogens (tertiary/aromatic N) is 3. The van der Waals surface area contributed by atoms with E-state index in [1.165, 1.54) is 16.9 Å². The fraction of sp³-hybridized carbons (Fsp3) is 0.391. The number of pyridine rings is 1. The lowest BCUT2D eigenvalue weighted by Crippen LogP contribution is -2.42. The summed E-state index contributed by atoms with van der Waals surface area (Å²) in [5, 5.41) is 10.1. The van der Waals surface area contributed by atoms with Gasteiger partial charge < -0.3 is 4.57 Å². The summed E-state index contributed by atoms with van der Waals surface area (Å²) in [5.41, 5.74) is 0.597. The molecule has 1 aromatic carbocycles. The van der Waals surface area contributed by atoms with Crippen LogP contribution in [0.4, 0.5) is 26.3 Å². The van der Waals surface area contributed by atoms with Crippen LogP contribution in [0.1, 0.15) is 43.4 Å². The maximum Gasteiger partial charge on any atom is 0.404 e. The van der Waals surface area contributed by atoms with Crippen LogP contribution < -0.4 is 4.72 Å². The highest BCUT2D eigenvalue weighted by molar-refractivity contribution is 7.89. The molecule has 0 bridgehead atoms. The molecule has 4 rings (SSSR count). The normalized spacial score (nSPS) is 15.8. The molecule has 1 atom stereocenters. The molecular weight excluding hydrogens is 510 g/mol. The predicted octanol–water partition coefficient (Wildman–Crippen LogP) is 5.48. The van der Waals surface area contributed by atoms with Gasteiger partial charge in [0.25, 0.3) is 0 Å². The third-order valence-corrected chi connectivity index (χ3v) is 7.74. The monoisotopic (exact) mass is 530 g/mol. The summed E-state index contributed by atoms with van der Waals surface area (Å²) in [7, 11) is -4.55. The van der Waals surface area contributed by atoms with Crippen LogP contribution in [0.5, 0.6) is 0 Å². The van der Waals surface area contributed by atoms with Gasteiger partial charge in [-0.3, -0.25) is 4.98 Å². The molecule has 3 aromatic rings. The van der Waals surface area contributed by atoms with Crippen LogP contribution in [-0.2, 0) is 16.4 Å². The van der Waals surface area contributed by atoms with E-state index in [-0.39, 0.29) is 33.9 Å². The molecule has 0 spiro atoms. The Morgan fingerprint density at radius 1 is 1.25 bits per heavy atom. The highest BCUT2D eigenvalue weighted by atomic mass is 32.2. The number of hydrogen-bond donors (Lipinski definition) is 1. The second-order valence-corrected chi connectivity index (χ2v) is 10.3. The number of sulfonamides is 1. The summed E-state index contributed by atoms with van der Waals surface area (Å²) >= 11 is 0. The molecule has 0 saturated heterocycles. The molecule has 1 fully saturated rings. The molecule has 1 N–H and O–H groups in total. The zero-order chi connectivity index (χ0) is 26.4. The van der Waals surface area contributed by atoms with E-state index in [0.29, 0.717) is 12.4 Å². The van der Waals surface area contributed by atoms with Crippen molar-refractivity contribution in [1.82, 2.24) is 14.3 Å². The zero-order valence-electron chi connectivity index (χ0n) is 18.8. The molecule has 13 heteroatoms.